The molecule has 0 bridgehead atoms. The van der Waals surface area contributed by atoms with Crippen LogP contribution in [0, 0.1) is 0 Å². The number of nitrogens with two attached hydrogens (primary N) is 1. The number of carboxylic acid groups (broad SMARTS) is 1. The number of aromatic carboxylic acids is 1. The van der Waals surface area contributed by atoms with Gasteiger partial charge in [0, 0.05) is 5.69 Å². The van der Waals surface area contributed by atoms with Crippen LogP contribution >= 0.6 is 11.6 Å². The fraction of sp³-hybridized carbons (Fsp3) is 0.0909. The number of hydrogen-bond donors (Lipinski definition) is 2. The minimum Gasteiger partial charge on any atom is -0.496 e. The van der Waals surface area contributed by atoms with E-state index in [9.17, 15) is 4.79 Å². The molecule has 0 aliphatic heterocycles. The Labute approximate surface area is 102 Å². The van der Waals surface area contributed by atoms with Gasteiger partial charge in [-0.1, -0.05) is 11.6 Å². The minimum atomic E-state index is -1.16. The molecule has 1 aromatic carbocycles. The molecule has 0 aliphatic rings. The SMILES string of the molecule is COc1ccc(Cl)c2nc(C(=O)O)cc(N)c12. The van der Waals surface area contributed by atoms with Gasteiger partial charge in [-0.2, -0.15) is 0 Å². The number of rotatable bonds is 2. The number of pyridine rings is 1. The number of aromatic nitrogens is 1. The first kappa shape index (κ1) is 11.5. The molecule has 88 valence electrons. The fourth-order valence-corrected chi connectivity index (χ4v) is 1.79. The van der Waals surface area contributed by atoms with Crippen LogP contribution in [0.4, 0.5) is 5.69 Å². The summed E-state index contributed by atoms with van der Waals surface area (Å²) < 4.78 is 5.14. The highest BCUT2D eigenvalue weighted by atomic mass is 35.5. The summed E-state index contributed by atoms with van der Waals surface area (Å²) in [7, 11) is 1.49. The van der Waals surface area contributed by atoms with Gasteiger partial charge in [0.15, 0.2) is 5.69 Å². The topological polar surface area (TPSA) is 85.4 Å². The van der Waals surface area contributed by atoms with Crippen LogP contribution in [0.15, 0.2) is 18.2 Å². The highest BCUT2D eigenvalue weighted by Crippen LogP contribution is 2.34. The predicted octanol–water partition coefficient (Wildman–Crippen LogP) is 2.18. The molecule has 0 saturated heterocycles. The van der Waals surface area contributed by atoms with E-state index in [0.717, 1.165) is 0 Å². The van der Waals surface area contributed by atoms with Crippen molar-refractivity contribution in [3.63, 3.8) is 0 Å². The highest BCUT2D eigenvalue weighted by Gasteiger charge is 2.14. The van der Waals surface area contributed by atoms with Crippen molar-refractivity contribution >= 4 is 34.2 Å². The van der Waals surface area contributed by atoms with Gasteiger partial charge in [0.1, 0.15) is 5.75 Å². The van der Waals surface area contributed by atoms with Crippen molar-refractivity contribution in [2.24, 2.45) is 0 Å². The van der Waals surface area contributed by atoms with Crippen molar-refractivity contribution in [3.8, 4) is 5.75 Å². The molecule has 1 aromatic heterocycles. The average Bonchev–Trinajstić information content (AvgIpc) is 2.30. The van der Waals surface area contributed by atoms with E-state index in [1.165, 1.54) is 13.2 Å². The molecule has 5 nitrogen and oxygen atoms in total. The largest absolute Gasteiger partial charge is 0.496 e. The molecule has 0 aliphatic carbocycles. The lowest BCUT2D eigenvalue weighted by Crippen LogP contribution is -2.03. The number of methoxy groups -OCH3 is 1. The minimum absolute atomic E-state index is 0.148. The number of nitrogen functional groups attached to an aromatic ring is 1. The molecule has 0 amide bonds. The number of fused-ring (bicyclic) bond motifs is 1. The van der Waals surface area contributed by atoms with Crippen LogP contribution in [0.2, 0.25) is 5.02 Å². The fourth-order valence-electron chi connectivity index (χ4n) is 1.59. The van der Waals surface area contributed by atoms with Crippen LogP contribution < -0.4 is 10.5 Å². The van der Waals surface area contributed by atoms with Crippen LogP contribution in [0.1, 0.15) is 10.5 Å². The van der Waals surface area contributed by atoms with Crippen molar-refractivity contribution in [1.82, 2.24) is 4.98 Å². The van der Waals surface area contributed by atoms with Crippen LogP contribution in [0.25, 0.3) is 10.9 Å². The zero-order valence-corrected chi connectivity index (χ0v) is 9.65. The number of hydrogen-bond acceptors (Lipinski definition) is 4. The number of carboxylic acids is 1. The first-order valence-corrected chi connectivity index (χ1v) is 5.08. The summed E-state index contributed by atoms with van der Waals surface area (Å²) in [6, 6.07) is 4.52. The van der Waals surface area contributed by atoms with Gasteiger partial charge in [-0.3, -0.25) is 0 Å². The lowest BCUT2D eigenvalue weighted by Gasteiger charge is -2.09. The molecule has 3 N–H and O–H groups in total. The molecule has 0 radical (unpaired) electrons. The maximum Gasteiger partial charge on any atom is 0.354 e. The zero-order chi connectivity index (χ0) is 12.6. The summed E-state index contributed by atoms with van der Waals surface area (Å²) >= 11 is 5.97. The maximum absolute atomic E-state index is 10.9. The van der Waals surface area contributed by atoms with E-state index in [1.54, 1.807) is 12.1 Å². The maximum atomic E-state index is 10.9. The Morgan fingerprint density at radius 1 is 1.53 bits per heavy atom. The van der Waals surface area contributed by atoms with E-state index in [2.05, 4.69) is 4.98 Å². The van der Waals surface area contributed by atoms with E-state index in [1.807, 2.05) is 0 Å². The summed E-state index contributed by atoms with van der Waals surface area (Å²) in [5.74, 6) is -0.649. The molecule has 0 atom stereocenters. The number of nitrogens with zero attached hydrogens (tertiary/aromatic N) is 1. The Morgan fingerprint density at radius 3 is 2.82 bits per heavy atom. The summed E-state index contributed by atoms with van der Waals surface area (Å²) in [6.07, 6.45) is 0. The Morgan fingerprint density at radius 2 is 2.24 bits per heavy atom. The van der Waals surface area contributed by atoms with Crippen molar-refractivity contribution in [2.45, 2.75) is 0 Å². The Kier molecular flexibility index (Phi) is 2.77. The molecule has 2 aromatic rings. The molecular weight excluding hydrogens is 244 g/mol. The van der Waals surface area contributed by atoms with Crippen molar-refractivity contribution in [2.75, 3.05) is 12.8 Å². The predicted molar refractivity (Wildman–Crippen MR) is 64.7 cm³/mol. The van der Waals surface area contributed by atoms with Crippen LogP contribution in [-0.4, -0.2) is 23.2 Å². The lowest BCUT2D eigenvalue weighted by molar-refractivity contribution is 0.0691. The lowest BCUT2D eigenvalue weighted by atomic mass is 10.1. The summed E-state index contributed by atoms with van der Waals surface area (Å²) in [5.41, 5.74) is 6.24. The third kappa shape index (κ3) is 1.85. The number of halogens is 1. The second-order valence-corrected chi connectivity index (χ2v) is 3.78. The van der Waals surface area contributed by atoms with E-state index in [-0.39, 0.29) is 11.4 Å². The quantitative estimate of drug-likeness (QED) is 0.856. The molecule has 0 saturated carbocycles. The van der Waals surface area contributed by atoms with Gasteiger partial charge in [0.25, 0.3) is 0 Å². The van der Waals surface area contributed by atoms with Gasteiger partial charge < -0.3 is 15.6 Å². The van der Waals surface area contributed by atoms with Gasteiger partial charge in [-0.25, -0.2) is 9.78 Å². The molecular formula is C11H9ClN2O3. The molecule has 0 fully saturated rings. The molecule has 1 heterocycles. The monoisotopic (exact) mass is 252 g/mol. The normalized spacial score (nSPS) is 10.5. The Balaban J connectivity index is 2.89. The Bertz CT molecular complexity index is 613. The highest BCUT2D eigenvalue weighted by molar-refractivity contribution is 6.35. The number of carbonyl (C=O) groups is 1. The zero-order valence-electron chi connectivity index (χ0n) is 8.90. The number of ether oxygens (including phenoxy) is 1. The smallest absolute Gasteiger partial charge is 0.354 e. The van der Waals surface area contributed by atoms with E-state index in [0.29, 0.717) is 21.7 Å². The van der Waals surface area contributed by atoms with E-state index < -0.39 is 5.97 Å². The van der Waals surface area contributed by atoms with Gasteiger partial charge in [0.2, 0.25) is 0 Å². The Hall–Kier alpha value is -2.01. The van der Waals surface area contributed by atoms with Crippen LogP contribution in [0.3, 0.4) is 0 Å². The van der Waals surface area contributed by atoms with E-state index >= 15 is 0 Å². The van der Waals surface area contributed by atoms with Gasteiger partial charge >= 0.3 is 5.97 Å². The molecule has 0 unspecified atom stereocenters. The van der Waals surface area contributed by atoms with E-state index in [4.69, 9.17) is 27.2 Å². The third-order valence-electron chi connectivity index (χ3n) is 2.34. The van der Waals surface area contributed by atoms with Crippen molar-refractivity contribution in [3.05, 3.63) is 28.9 Å². The standard InChI is InChI=1S/C11H9ClN2O3/c1-17-8-3-2-5(12)10-9(8)6(13)4-7(14-10)11(15)16/h2-4H,1H3,(H2,13,14)(H,15,16). The second kappa shape index (κ2) is 4.10. The van der Waals surface area contributed by atoms with Gasteiger partial charge in [-0.15, -0.1) is 0 Å². The molecule has 2 rings (SSSR count). The van der Waals surface area contributed by atoms with Crippen molar-refractivity contribution in [1.29, 1.82) is 0 Å². The molecule has 17 heavy (non-hydrogen) atoms. The second-order valence-electron chi connectivity index (χ2n) is 3.38. The summed E-state index contributed by atoms with van der Waals surface area (Å²) in [6.45, 7) is 0. The number of benzene rings is 1. The first-order chi connectivity index (χ1) is 8.04. The average molecular weight is 253 g/mol. The summed E-state index contributed by atoms with van der Waals surface area (Å²) in [4.78, 5) is 14.8. The molecule has 6 heteroatoms. The first-order valence-electron chi connectivity index (χ1n) is 4.70. The van der Waals surface area contributed by atoms with Crippen LogP contribution in [0.5, 0.6) is 5.75 Å². The number of anilines is 1. The van der Waals surface area contributed by atoms with Crippen molar-refractivity contribution < 1.29 is 14.6 Å². The summed E-state index contributed by atoms with van der Waals surface area (Å²) in [5, 5.41) is 9.74. The molecule has 0 spiro atoms. The third-order valence-corrected chi connectivity index (χ3v) is 2.65. The van der Waals surface area contributed by atoms with Crippen LogP contribution in [-0.2, 0) is 0 Å². The van der Waals surface area contributed by atoms with Gasteiger partial charge in [-0.05, 0) is 18.2 Å². The van der Waals surface area contributed by atoms with Gasteiger partial charge in [0.05, 0.1) is 23.0 Å².